The number of amides is 15. The topological polar surface area (TPSA) is 560 Å². The van der Waals surface area contributed by atoms with E-state index in [1.54, 1.807) is 27.7 Å². The van der Waals surface area contributed by atoms with Gasteiger partial charge < -0.3 is 107 Å². The number of rotatable bonds is 22. The maximum Gasteiger partial charge on any atom is 0.312 e. The molecule has 1 aromatic carbocycles. The molecule has 0 unspecified atom stereocenters. The van der Waals surface area contributed by atoms with Crippen molar-refractivity contribution >= 4 is 126 Å². The summed E-state index contributed by atoms with van der Waals surface area (Å²) >= 11 is 0. The molecule has 2 bridgehead atoms. The van der Waals surface area contributed by atoms with Crippen LogP contribution >= 0.6 is 43.2 Å². The molecule has 3 fully saturated rings. The molecule has 1 aromatic heterocycles. The van der Waals surface area contributed by atoms with Crippen molar-refractivity contribution in [2.75, 3.05) is 55.7 Å². The van der Waals surface area contributed by atoms with Crippen LogP contribution in [0.4, 0.5) is 4.79 Å². The molecule has 3 aliphatic rings. The molecule has 35 nitrogen and oxygen atoms in total. The van der Waals surface area contributed by atoms with Crippen molar-refractivity contribution in [1.82, 2.24) is 78.7 Å². The number of aromatic nitrogens is 2. The van der Waals surface area contributed by atoms with Gasteiger partial charge in [-0.1, -0.05) is 83.0 Å². The SMILES string of the molecule is CC(C)C[C@@H]1NC(=O)[C@H](CCCCN)NC(=O)[C@H](Cc2ccc(O)cc2)NC(=O)CNC(=O)[C@@H]2CSSC[C@H](NC1=O)C(=O)N[C@@H](Cc1cnc[nH]1)C(=O)N1C[C@H](O)C[C@H]1C(=O)N[C@H](C(N)=O)CSSC[C@H](NC(=O)[C@@H](NC(=O)CNC(=O)[C@@H](N)CCCNC(N)=O)C(C)C)C(=O)N2. The van der Waals surface area contributed by atoms with Crippen LogP contribution in [0.2, 0.25) is 0 Å². The Labute approximate surface area is 581 Å². The first-order chi connectivity index (χ1) is 46.5. The number of aromatic hydroxyl groups is 1. The van der Waals surface area contributed by atoms with Gasteiger partial charge in [-0.25, -0.2) is 9.78 Å². The summed E-state index contributed by atoms with van der Waals surface area (Å²) in [5.41, 5.74) is 23.5. The van der Waals surface area contributed by atoms with Gasteiger partial charge in [0, 0.05) is 67.3 Å². The number of aromatic amines is 1. The van der Waals surface area contributed by atoms with Gasteiger partial charge in [0.1, 0.15) is 66.2 Å². The van der Waals surface area contributed by atoms with E-state index in [1.807, 2.05) is 0 Å². The van der Waals surface area contributed by atoms with Crippen molar-refractivity contribution in [3.63, 3.8) is 0 Å². The lowest BCUT2D eigenvalue weighted by Crippen LogP contribution is -2.61. The zero-order valence-electron chi connectivity index (χ0n) is 54.7. The Bertz CT molecular complexity index is 3100. The van der Waals surface area contributed by atoms with Gasteiger partial charge in [-0.2, -0.15) is 0 Å². The first-order valence-electron chi connectivity index (χ1n) is 31.8. The number of benzene rings is 1. The van der Waals surface area contributed by atoms with Gasteiger partial charge in [0.05, 0.1) is 31.6 Å². The van der Waals surface area contributed by atoms with E-state index in [9.17, 15) is 77.3 Å². The molecule has 15 amide bonds. The van der Waals surface area contributed by atoms with Crippen LogP contribution in [-0.4, -0.2) is 236 Å². The molecule has 3 aliphatic heterocycles. The van der Waals surface area contributed by atoms with E-state index in [0.29, 0.717) is 24.1 Å². The highest BCUT2D eigenvalue weighted by Gasteiger charge is 2.44. The Hall–Kier alpha value is -8.11. The van der Waals surface area contributed by atoms with E-state index in [2.05, 4.69) is 73.8 Å². The minimum absolute atomic E-state index is 0.00264. The van der Waals surface area contributed by atoms with E-state index < -0.39 is 181 Å². The molecular formula is C59H91N19O16S4. The van der Waals surface area contributed by atoms with Gasteiger partial charge in [0.15, 0.2) is 0 Å². The predicted molar refractivity (Wildman–Crippen MR) is 365 cm³/mol. The number of aliphatic hydroxyl groups is 1. The van der Waals surface area contributed by atoms with Gasteiger partial charge in [0.25, 0.3) is 0 Å². The van der Waals surface area contributed by atoms with Crippen LogP contribution in [0.3, 0.4) is 0 Å². The second-order valence-electron chi connectivity index (χ2n) is 24.3. The molecule has 0 radical (unpaired) electrons. The van der Waals surface area contributed by atoms with Crippen molar-refractivity contribution in [1.29, 1.82) is 0 Å². The fraction of sp³-hybridized carbons (Fsp3) is 0.610. The van der Waals surface area contributed by atoms with E-state index in [0.717, 1.165) is 48.1 Å². The van der Waals surface area contributed by atoms with E-state index in [1.165, 1.54) is 36.8 Å². The summed E-state index contributed by atoms with van der Waals surface area (Å²) in [4.78, 5) is 204. The van der Waals surface area contributed by atoms with Crippen LogP contribution in [0.25, 0.3) is 0 Å². The number of hydrogen-bond acceptors (Lipinski definition) is 23. The number of nitrogens with one attached hydrogen (secondary N) is 13. The van der Waals surface area contributed by atoms with Crippen molar-refractivity contribution in [2.24, 2.45) is 34.8 Å². The molecule has 98 heavy (non-hydrogen) atoms. The third-order valence-corrected chi connectivity index (χ3v) is 20.4. The Balaban J connectivity index is 1.59. The molecule has 4 heterocycles. The average Bonchev–Trinajstić information content (AvgIpc) is 1.64. The van der Waals surface area contributed by atoms with Crippen LogP contribution in [-0.2, 0) is 75.2 Å². The number of carbonyl (C=O) groups is 14. The van der Waals surface area contributed by atoms with Crippen molar-refractivity contribution in [3.8, 4) is 5.75 Å². The number of carbonyl (C=O) groups excluding carboxylic acids is 14. The summed E-state index contributed by atoms with van der Waals surface area (Å²) < 4.78 is 0. The molecule has 39 heteroatoms. The van der Waals surface area contributed by atoms with Gasteiger partial charge in [-0.3, -0.25) is 62.3 Å². The highest BCUT2D eigenvalue weighted by Crippen LogP contribution is 2.27. The Morgan fingerprint density at radius 1 is 0.694 bits per heavy atom. The predicted octanol–water partition coefficient (Wildman–Crippen LogP) is -5.66. The summed E-state index contributed by atoms with van der Waals surface area (Å²) in [5, 5.41) is 52.1. The first-order valence-corrected chi connectivity index (χ1v) is 36.8. The number of unbranched alkanes of at least 4 members (excludes halogenated alkanes) is 1. The van der Waals surface area contributed by atoms with E-state index >= 15 is 0 Å². The highest BCUT2D eigenvalue weighted by atomic mass is 33.1. The number of nitrogens with two attached hydrogens (primary N) is 4. The molecule has 2 aromatic rings. The van der Waals surface area contributed by atoms with Crippen molar-refractivity contribution in [3.05, 3.63) is 48.0 Å². The third kappa shape index (κ3) is 27.0. The van der Waals surface area contributed by atoms with Crippen LogP contribution in [0.5, 0.6) is 5.75 Å². The number of H-pyrrole nitrogens is 1. The maximum atomic E-state index is 15.0. The molecule has 3 saturated heterocycles. The lowest BCUT2D eigenvalue weighted by Gasteiger charge is -2.31. The Kier molecular flexibility index (Phi) is 33.5. The molecule has 0 saturated carbocycles. The number of imidazole rings is 1. The number of nitrogens with zero attached hydrogens (tertiary/aromatic N) is 2. The monoisotopic (exact) mass is 1450 g/mol. The third-order valence-electron chi connectivity index (χ3n) is 15.5. The number of primary amides is 2. The lowest BCUT2D eigenvalue weighted by atomic mass is 10.0. The van der Waals surface area contributed by atoms with Crippen LogP contribution in [0.15, 0.2) is 36.8 Å². The molecule has 0 aliphatic carbocycles. The van der Waals surface area contributed by atoms with Crippen LogP contribution in [0, 0.1) is 11.8 Å². The summed E-state index contributed by atoms with van der Waals surface area (Å²) in [6.45, 7) is 5.18. The van der Waals surface area contributed by atoms with E-state index in [-0.39, 0.29) is 92.7 Å². The number of aliphatic hydroxyl groups excluding tert-OH is 1. The summed E-state index contributed by atoms with van der Waals surface area (Å²) in [7, 11) is 3.62. The molecule has 5 rings (SSSR count). The zero-order chi connectivity index (χ0) is 72.2. The maximum absolute atomic E-state index is 15.0. The van der Waals surface area contributed by atoms with Gasteiger partial charge in [0.2, 0.25) is 76.8 Å². The number of urea groups is 1. The minimum atomic E-state index is -1.62. The molecular weight excluding hydrogens is 1360 g/mol. The average molecular weight is 1450 g/mol. The Morgan fingerprint density at radius 3 is 1.97 bits per heavy atom. The lowest BCUT2D eigenvalue weighted by molar-refractivity contribution is -0.142. The second kappa shape index (κ2) is 40.7. The number of phenolic OH excluding ortho intramolecular Hbond substituents is 1. The van der Waals surface area contributed by atoms with Crippen LogP contribution < -0.4 is 86.7 Å². The fourth-order valence-electron chi connectivity index (χ4n) is 10.2. The highest BCUT2D eigenvalue weighted by molar-refractivity contribution is 8.77. The largest absolute Gasteiger partial charge is 0.508 e. The minimum Gasteiger partial charge on any atom is -0.508 e. The standard InChI is InChI=1S/C59H91N19O16S4/c1-29(2)16-37-52(87)75-42-26-98-96-25-41(50(85)67-21-45(81)69-38(17-31-10-12-33(79)13-11-31)53(88)70-36(51(86)71-37)9-5-6-14-60)74-55(90)43(76-57(92)47(30(3)4)77-46(82)22-66-49(84)35(61)8-7-15-65-59(63)94)27-97-95-24-40(48(62)83)73-56(91)44-19-34(80)23-78(44)58(93)39(72-54(42)89)18-32-20-64-28-68-32/h10-13,20,28-30,34-44,47,79-80H,5-9,14-19,21-27,60-61H2,1-4H3,(H2,62,83)(H,64,68)(H,66,84)(H,67,85)(H,69,81)(H,70,88)(H,71,86)(H,72,89)(H,73,91)(H,74,90)(H,75,87)(H,76,92)(H,77,82)(H3,63,65,94)/t34-,35+,36+,37+,38+,39+,40+,41+,42+,43+,44+,47+/m1/s1. The van der Waals surface area contributed by atoms with Gasteiger partial charge in [-0.15, -0.1) is 0 Å². The summed E-state index contributed by atoms with van der Waals surface area (Å²) in [6.07, 6.45) is 1.73. The van der Waals surface area contributed by atoms with E-state index in [4.69, 9.17) is 22.9 Å². The van der Waals surface area contributed by atoms with Gasteiger partial charge >= 0.3 is 6.03 Å². The summed E-state index contributed by atoms with van der Waals surface area (Å²) in [6, 6.07) is -11.0. The van der Waals surface area contributed by atoms with Crippen molar-refractivity contribution < 1.29 is 77.3 Å². The smallest absolute Gasteiger partial charge is 0.312 e. The Morgan fingerprint density at radius 2 is 1.33 bits per heavy atom. The molecule has 0 spiro atoms. The molecule has 23 N–H and O–H groups in total. The zero-order valence-corrected chi connectivity index (χ0v) is 58.0. The number of fused-ring (bicyclic) bond motifs is 6. The normalized spacial score (nSPS) is 24.7. The van der Waals surface area contributed by atoms with Gasteiger partial charge in [-0.05, 0) is 74.6 Å². The first kappa shape index (κ1) is 80.6. The molecule has 12 atom stereocenters. The van der Waals surface area contributed by atoms with Crippen LogP contribution in [0.1, 0.15) is 83.9 Å². The second-order valence-corrected chi connectivity index (χ2v) is 29.4. The quantitative estimate of drug-likeness (QED) is 0.0386. The molecule has 542 valence electrons. The number of phenols is 1. The number of hydrogen-bond donors (Lipinski definition) is 19. The summed E-state index contributed by atoms with van der Waals surface area (Å²) in [5.74, 6) is -14.2. The van der Waals surface area contributed by atoms with Crippen molar-refractivity contribution in [2.45, 2.75) is 158 Å². The fourth-order valence-corrected chi connectivity index (χ4v) is 14.9.